The second kappa shape index (κ2) is 10.6. The first-order chi connectivity index (χ1) is 10.7. The summed E-state index contributed by atoms with van der Waals surface area (Å²) in [5.41, 5.74) is 1.07. The van der Waals surface area contributed by atoms with Crippen molar-refractivity contribution in [3.63, 3.8) is 0 Å². The van der Waals surface area contributed by atoms with Crippen LogP contribution in [0.3, 0.4) is 0 Å². The number of aliphatic imine (C=N–C) groups is 1. The van der Waals surface area contributed by atoms with Gasteiger partial charge >= 0.3 is 0 Å². The number of nitrogens with zero attached hydrogens (tertiary/aromatic N) is 3. The second-order valence-electron chi connectivity index (χ2n) is 5.18. The van der Waals surface area contributed by atoms with Crippen molar-refractivity contribution in [2.45, 2.75) is 6.92 Å². The molecule has 1 aliphatic heterocycles. The highest BCUT2D eigenvalue weighted by molar-refractivity contribution is 14.0. The van der Waals surface area contributed by atoms with E-state index in [-0.39, 0.29) is 29.8 Å². The summed E-state index contributed by atoms with van der Waals surface area (Å²) in [7, 11) is 1.68. The van der Waals surface area contributed by atoms with E-state index in [1.165, 1.54) is 12.1 Å². The first-order valence-corrected chi connectivity index (χ1v) is 7.77. The van der Waals surface area contributed by atoms with Crippen molar-refractivity contribution >= 4 is 35.6 Å². The molecule has 0 unspecified atom stereocenters. The number of piperazine rings is 1. The Morgan fingerprint density at radius 3 is 2.43 bits per heavy atom. The molecule has 1 aromatic carbocycles. The van der Waals surface area contributed by atoms with E-state index in [1.54, 1.807) is 7.11 Å². The molecule has 0 saturated carbocycles. The average molecular weight is 436 g/mol. The van der Waals surface area contributed by atoms with Gasteiger partial charge in [0.1, 0.15) is 5.82 Å². The summed E-state index contributed by atoms with van der Waals surface area (Å²) in [6.45, 7) is 7.82. The monoisotopic (exact) mass is 436 g/mol. The summed E-state index contributed by atoms with van der Waals surface area (Å²) in [5.74, 6) is 0.750. The molecule has 0 aromatic heterocycles. The topological polar surface area (TPSA) is 40.1 Å². The largest absolute Gasteiger partial charge is 0.383 e. The number of anilines is 1. The Morgan fingerprint density at radius 1 is 1.22 bits per heavy atom. The van der Waals surface area contributed by atoms with Gasteiger partial charge in [-0.3, -0.25) is 4.99 Å². The Labute approximate surface area is 154 Å². The van der Waals surface area contributed by atoms with Crippen molar-refractivity contribution in [2.75, 3.05) is 57.9 Å². The molecule has 1 N–H and O–H groups in total. The fraction of sp³-hybridized carbons (Fsp3) is 0.562. The Hall–Kier alpha value is -1.09. The molecule has 0 spiro atoms. The Morgan fingerprint density at radius 2 is 1.87 bits per heavy atom. The highest BCUT2D eigenvalue weighted by Gasteiger charge is 2.19. The fourth-order valence-electron chi connectivity index (χ4n) is 2.50. The molecule has 23 heavy (non-hydrogen) atoms. The minimum absolute atomic E-state index is 0. The lowest BCUT2D eigenvalue weighted by Gasteiger charge is -2.37. The molecule has 0 amide bonds. The minimum atomic E-state index is -0.193. The summed E-state index contributed by atoms with van der Waals surface area (Å²) in [4.78, 5) is 9.11. The maximum Gasteiger partial charge on any atom is 0.194 e. The molecule has 1 aliphatic rings. The molecule has 1 heterocycles. The highest BCUT2D eigenvalue weighted by Crippen LogP contribution is 2.16. The van der Waals surface area contributed by atoms with Gasteiger partial charge in [-0.25, -0.2) is 4.39 Å². The number of hydrogen-bond acceptors (Lipinski definition) is 3. The van der Waals surface area contributed by atoms with Crippen LogP contribution in [0, 0.1) is 5.82 Å². The predicted octanol–water partition coefficient (Wildman–Crippen LogP) is 2.18. The van der Waals surface area contributed by atoms with Gasteiger partial charge in [-0.05, 0) is 31.2 Å². The van der Waals surface area contributed by atoms with Crippen LogP contribution in [0.25, 0.3) is 0 Å². The molecular weight excluding hydrogens is 410 g/mol. The van der Waals surface area contributed by atoms with Gasteiger partial charge in [0.15, 0.2) is 5.96 Å². The lowest BCUT2D eigenvalue weighted by molar-refractivity contribution is 0.207. The number of halogens is 2. The number of nitrogens with one attached hydrogen (secondary N) is 1. The smallest absolute Gasteiger partial charge is 0.194 e. The normalized spacial score (nSPS) is 15.3. The van der Waals surface area contributed by atoms with Crippen LogP contribution in [0.2, 0.25) is 0 Å². The maximum atomic E-state index is 13.0. The zero-order valence-corrected chi connectivity index (χ0v) is 16.1. The average Bonchev–Trinajstić information content (AvgIpc) is 2.55. The summed E-state index contributed by atoms with van der Waals surface area (Å²) >= 11 is 0. The molecule has 1 aromatic rings. The summed E-state index contributed by atoms with van der Waals surface area (Å²) in [6, 6.07) is 6.70. The van der Waals surface area contributed by atoms with E-state index in [0.29, 0.717) is 13.2 Å². The molecule has 1 fully saturated rings. The van der Waals surface area contributed by atoms with Crippen LogP contribution in [-0.2, 0) is 4.74 Å². The quantitative estimate of drug-likeness (QED) is 0.333. The number of ether oxygens (including phenoxy) is 1. The van der Waals surface area contributed by atoms with Crippen molar-refractivity contribution in [3.8, 4) is 0 Å². The van der Waals surface area contributed by atoms with Crippen LogP contribution in [0.15, 0.2) is 29.3 Å². The molecule has 2 rings (SSSR count). The standard InChI is InChI=1S/C16H25FN4O.HI/c1-3-18-16(19-8-13-22-2)21-11-9-20(10-12-21)15-6-4-14(17)5-7-15;/h4-7H,3,8-13H2,1-2H3,(H,18,19);1H. The minimum Gasteiger partial charge on any atom is -0.383 e. The highest BCUT2D eigenvalue weighted by atomic mass is 127. The molecular formula is C16H26FIN4O. The number of methoxy groups -OCH3 is 1. The van der Waals surface area contributed by atoms with Crippen LogP contribution in [0.5, 0.6) is 0 Å². The number of benzene rings is 1. The van der Waals surface area contributed by atoms with Crippen molar-refractivity contribution in [3.05, 3.63) is 30.1 Å². The first-order valence-electron chi connectivity index (χ1n) is 7.77. The molecule has 1 saturated heterocycles. The summed E-state index contributed by atoms with van der Waals surface area (Å²) in [5, 5.41) is 3.33. The van der Waals surface area contributed by atoms with E-state index in [1.807, 2.05) is 12.1 Å². The molecule has 130 valence electrons. The van der Waals surface area contributed by atoms with Gasteiger partial charge in [0.25, 0.3) is 0 Å². The van der Waals surface area contributed by atoms with Crippen LogP contribution >= 0.6 is 24.0 Å². The van der Waals surface area contributed by atoms with Gasteiger partial charge in [-0.1, -0.05) is 0 Å². The Bertz CT molecular complexity index is 475. The molecule has 0 radical (unpaired) electrons. The van der Waals surface area contributed by atoms with E-state index in [9.17, 15) is 4.39 Å². The molecule has 0 aliphatic carbocycles. The van der Waals surface area contributed by atoms with Gasteiger partial charge in [-0.15, -0.1) is 24.0 Å². The molecule has 0 atom stereocenters. The van der Waals surface area contributed by atoms with E-state index in [2.05, 4.69) is 27.0 Å². The third-order valence-electron chi connectivity index (χ3n) is 3.66. The predicted molar refractivity (Wildman–Crippen MR) is 103 cm³/mol. The fourth-order valence-corrected chi connectivity index (χ4v) is 2.50. The van der Waals surface area contributed by atoms with Crippen LogP contribution in [0.1, 0.15) is 6.92 Å². The van der Waals surface area contributed by atoms with Crippen molar-refractivity contribution in [2.24, 2.45) is 4.99 Å². The molecule has 5 nitrogen and oxygen atoms in total. The van der Waals surface area contributed by atoms with Gasteiger partial charge in [0.05, 0.1) is 13.2 Å². The van der Waals surface area contributed by atoms with Crippen LogP contribution in [0.4, 0.5) is 10.1 Å². The Balaban J connectivity index is 0.00000264. The first kappa shape index (κ1) is 20.0. The van der Waals surface area contributed by atoms with Gasteiger partial charge in [0, 0.05) is 45.5 Å². The molecule has 0 bridgehead atoms. The van der Waals surface area contributed by atoms with Gasteiger partial charge in [0.2, 0.25) is 0 Å². The lowest BCUT2D eigenvalue weighted by atomic mass is 10.2. The summed E-state index contributed by atoms with van der Waals surface area (Å²) in [6.07, 6.45) is 0. The number of rotatable bonds is 5. The van der Waals surface area contributed by atoms with Crippen molar-refractivity contribution in [1.82, 2.24) is 10.2 Å². The van der Waals surface area contributed by atoms with Gasteiger partial charge < -0.3 is 19.9 Å². The lowest BCUT2D eigenvalue weighted by Crippen LogP contribution is -2.52. The van der Waals surface area contributed by atoms with Crippen molar-refractivity contribution in [1.29, 1.82) is 0 Å². The number of guanidine groups is 1. The zero-order valence-electron chi connectivity index (χ0n) is 13.8. The number of hydrogen-bond donors (Lipinski definition) is 1. The third-order valence-corrected chi connectivity index (χ3v) is 3.66. The second-order valence-corrected chi connectivity index (χ2v) is 5.18. The third kappa shape index (κ3) is 6.14. The zero-order chi connectivity index (χ0) is 15.8. The SMILES string of the molecule is CCNC(=NCCOC)N1CCN(c2ccc(F)cc2)CC1.I. The summed E-state index contributed by atoms with van der Waals surface area (Å²) < 4.78 is 18.0. The van der Waals surface area contributed by atoms with Crippen LogP contribution in [-0.4, -0.2) is 63.8 Å². The Kier molecular flexibility index (Phi) is 9.23. The van der Waals surface area contributed by atoms with E-state index in [4.69, 9.17) is 4.74 Å². The maximum absolute atomic E-state index is 13.0. The van der Waals surface area contributed by atoms with E-state index in [0.717, 1.165) is 44.4 Å². The van der Waals surface area contributed by atoms with Gasteiger partial charge in [-0.2, -0.15) is 0 Å². The van der Waals surface area contributed by atoms with Crippen molar-refractivity contribution < 1.29 is 9.13 Å². The van der Waals surface area contributed by atoms with E-state index >= 15 is 0 Å². The van der Waals surface area contributed by atoms with E-state index < -0.39 is 0 Å². The van der Waals surface area contributed by atoms with Crippen LogP contribution < -0.4 is 10.2 Å². The molecule has 7 heteroatoms.